The van der Waals surface area contributed by atoms with E-state index in [1.165, 1.54) is 11.1 Å². The summed E-state index contributed by atoms with van der Waals surface area (Å²) in [5.41, 5.74) is 3.93. The highest BCUT2D eigenvalue weighted by Crippen LogP contribution is 2.58. The molecule has 7 heteroatoms. The topological polar surface area (TPSA) is 95.9 Å². The summed E-state index contributed by atoms with van der Waals surface area (Å²) in [5, 5.41) is 12.4. The quantitative estimate of drug-likeness (QED) is 0.635. The number of likely N-dealkylation sites (tertiary alicyclic amines) is 1. The highest BCUT2D eigenvalue weighted by molar-refractivity contribution is 5.85. The van der Waals surface area contributed by atoms with Crippen LogP contribution in [0.4, 0.5) is 4.79 Å². The van der Waals surface area contributed by atoms with E-state index in [2.05, 4.69) is 29.6 Å². The zero-order chi connectivity index (χ0) is 24.2. The molecular formula is C28H30N2O5. The van der Waals surface area contributed by atoms with Crippen molar-refractivity contribution in [2.45, 2.75) is 31.6 Å². The maximum atomic E-state index is 13.3. The first-order valence-electron chi connectivity index (χ1n) is 12.6. The van der Waals surface area contributed by atoms with Gasteiger partial charge in [0.05, 0.1) is 11.3 Å². The maximum Gasteiger partial charge on any atom is 0.407 e. The van der Waals surface area contributed by atoms with Crippen molar-refractivity contribution in [3.63, 3.8) is 0 Å². The predicted molar refractivity (Wildman–Crippen MR) is 129 cm³/mol. The first-order chi connectivity index (χ1) is 17.0. The van der Waals surface area contributed by atoms with Crippen LogP contribution >= 0.6 is 0 Å². The molecule has 2 aromatic carbocycles. The number of hydrogen-bond donors (Lipinski definition) is 2. The highest BCUT2D eigenvalue weighted by Gasteiger charge is 2.66. The smallest absolute Gasteiger partial charge is 0.407 e. The van der Waals surface area contributed by atoms with Crippen LogP contribution in [0.1, 0.15) is 42.7 Å². The third-order valence-corrected chi connectivity index (χ3v) is 8.73. The molecule has 2 saturated carbocycles. The van der Waals surface area contributed by atoms with Gasteiger partial charge in [-0.3, -0.25) is 9.59 Å². The zero-order valence-electron chi connectivity index (χ0n) is 19.6. The number of fused-ring (bicyclic) bond motifs is 4. The Hall–Kier alpha value is -3.35. The molecule has 1 saturated heterocycles. The van der Waals surface area contributed by atoms with Crippen LogP contribution in [0.5, 0.6) is 0 Å². The standard InChI is InChI=1S/C28H30N2O5/c31-25(30-14-18-12-28(18,16-30)26(32)33)23(17-6-5-7-17)13-29-27(34)35-15-24-21-10-3-1-8-19(21)20-9-2-4-11-22(20)24/h1-4,8-11,17-18,23-24H,5-7,12-16H2,(H,29,34)(H,32,33). The first-order valence-corrected chi connectivity index (χ1v) is 12.6. The van der Waals surface area contributed by atoms with Crippen molar-refractivity contribution in [2.75, 3.05) is 26.2 Å². The van der Waals surface area contributed by atoms with E-state index in [1.54, 1.807) is 4.90 Å². The van der Waals surface area contributed by atoms with Gasteiger partial charge in [0.15, 0.2) is 0 Å². The van der Waals surface area contributed by atoms with Crippen LogP contribution in [0.15, 0.2) is 48.5 Å². The van der Waals surface area contributed by atoms with Crippen molar-refractivity contribution in [3.05, 3.63) is 59.7 Å². The van der Waals surface area contributed by atoms with Gasteiger partial charge in [0.2, 0.25) is 5.91 Å². The van der Waals surface area contributed by atoms with Gasteiger partial charge in [0.25, 0.3) is 0 Å². The number of nitrogens with one attached hydrogen (secondary N) is 1. The summed E-state index contributed by atoms with van der Waals surface area (Å²) in [4.78, 5) is 39.3. The van der Waals surface area contributed by atoms with E-state index >= 15 is 0 Å². The molecule has 1 aliphatic heterocycles. The number of ether oxygens (including phenoxy) is 1. The second-order valence-electron chi connectivity index (χ2n) is 10.6. The van der Waals surface area contributed by atoms with Gasteiger partial charge in [-0.05, 0) is 53.4 Å². The second kappa shape index (κ2) is 8.40. The van der Waals surface area contributed by atoms with Gasteiger partial charge in [0, 0.05) is 25.6 Å². The number of carbonyl (C=O) groups is 3. The molecule has 3 atom stereocenters. The number of carboxylic acids is 1. The van der Waals surface area contributed by atoms with Crippen molar-refractivity contribution in [2.24, 2.45) is 23.2 Å². The third kappa shape index (κ3) is 3.68. The fourth-order valence-electron chi connectivity index (χ4n) is 6.36. The second-order valence-corrected chi connectivity index (χ2v) is 10.6. The zero-order valence-corrected chi connectivity index (χ0v) is 19.6. The number of piperidine rings is 1. The molecule has 7 nitrogen and oxygen atoms in total. The Morgan fingerprint density at radius 1 is 1.06 bits per heavy atom. The molecule has 0 radical (unpaired) electrons. The molecule has 0 bridgehead atoms. The molecule has 4 aliphatic rings. The summed E-state index contributed by atoms with van der Waals surface area (Å²) < 4.78 is 5.65. The molecule has 6 rings (SSSR count). The van der Waals surface area contributed by atoms with Crippen molar-refractivity contribution in [1.82, 2.24) is 10.2 Å². The van der Waals surface area contributed by atoms with Crippen LogP contribution in [-0.2, 0) is 14.3 Å². The van der Waals surface area contributed by atoms with Gasteiger partial charge < -0.3 is 20.1 Å². The molecule has 182 valence electrons. The van der Waals surface area contributed by atoms with Gasteiger partial charge >= 0.3 is 12.1 Å². The molecule has 3 fully saturated rings. The van der Waals surface area contributed by atoms with Crippen molar-refractivity contribution < 1.29 is 24.2 Å². The summed E-state index contributed by atoms with van der Waals surface area (Å²) in [7, 11) is 0. The molecule has 3 aliphatic carbocycles. The molecule has 1 heterocycles. The van der Waals surface area contributed by atoms with Gasteiger partial charge in [-0.2, -0.15) is 0 Å². The van der Waals surface area contributed by atoms with Gasteiger partial charge in [-0.15, -0.1) is 0 Å². The number of hydrogen-bond acceptors (Lipinski definition) is 4. The molecular weight excluding hydrogens is 444 g/mol. The van der Waals surface area contributed by atoms with Gasteiger partial charge in [0.1, 0.15) is 6.61 Å². The predicted octanol–water partition coefficient (Wildman–Crippen LogP) is 3.87. The lowest BCUT2D eigenvalue weighted by molar-refractivity contribution is -0.144. The lowest BCUT2D eigenvalue weighted by Gasteiger charge is -2.35. The van der Waals surface area contributed by atoms with Crippen LogP contribution in [0.2, 0.25) is 0 Å². The fourth-order valence-corrected chi connectivity index (χ4v) is 6.36. The molecule has 2 N–H and O–H groups in total. The molecule has 2 amide bonds. The molecule has 35 heavy (non-hydrogen) atoms. The van der Waals surface area contributed by atoms with Crippen LogP contribution < -0.4 is 5.32 Å². The monoisotopic (exact) mass is 474 g/mol. The Labute approximate surface area is 204 Å². The number of nitrogens with zero attached hydrogens (tertiary/aromatic N) is 1. The Balaban J connectivity index is 1.08. The Bertz CT molecular complexity index is 1150. The Kier molecular flexibility index (Phi) is 5.31. The van der Waals surface area contributed by atoms with Crippen LogP contribution in [0, 0.1) is 23.2 Å². The van der Waals surface area contributed by atoms with E-state index in [4.69, 9.17) is 4.74 Å². The number of benzene rings is 2. The number of carbonyl (C=O) groups excluding carboxylic acids is 2. The minimum Gasteiger partial charge on any atom is -0.481 e. The van der Waals surface area contributed by atoms with E-state index in [-0.39, 0.29) is 42.7 Å². The van der Waals surface area contributed by atoms with Gasteiger partial charge in [-0.25, -0.2) is 4.79 Å². The van der Waals surface area contributed by atoms with Crippen LogP contribution in [0.3, 0.4) is 0 Å². The minimum atomic E-state index is -0.797. The van der Waals surface area contributed by atoms with Gasteiger partial charge in [-0.1, -0.05) is 55.0 Å². The lowest BCUT2D eigenvalue weighted by Crippen LogP contribution is -2.46. The van der Waals surface area contributed by atoms with E-state index < -0.39 is 17.5 Å². The van der Waals surface area contributed by atoms with Crippen molar-refractivity contribution in [3.8, 4) is 11.1 Å². The Morgan fingerprint density at radius 2 is 1.71 bits per heavy atom. The fraction of sp³-hybridized carbons (Fsp3) is 0.464. The van der Waals surface area contributed by atoms with Crippen molar-refractivity contribution >= 4 is 18.0 Å². The van der Waals surface area contributed by atoms with E-state index in [0.29, 0.717) is 19.5 Å². The molecule has 2 aromatic rings. The van der Waals surface area contributed by atoms with E-state index in [9.17, 15) is 19.5 Å². The summed E-state index contributed by atoms with van der Waals surface area (Å²) in [6, 6.07) is 16.4. The average molecular weight is 475 g/mol. The third-order valence-electron chi connectivity index (χ3n) is 8.73. The maximum absolute atomic E-state index is 13.3. The van der Waals surface area contributed by atoms with E-state index in [1.807, 2.05) is 24.3 Å². The summed E-state index contributed by atoms with van der Waals surface area (Å²) in [6.45, 7) is 1.26. The minimum absolute atomic E-state index is 0.0132. The molecule has 0 aromatic heterocycles. The largest absolute Gasteiger partial charge is 0.481 e. The SMILES string of the molecule is O=C(NCC(C(=O)N1CC2CC2(C(=O)O)C1)C1CCC1)OCC1c2ccccc2-c2ccccc21. The number of aliphatic carboxylic acids is 1. The number of amides is 2. The number of carboxylic acid groups (broad SMARTS) is 1. The highest BCUT2D eigenvalue weighted by atomic mass is 16.5. The summed E-state index contributed by atoms with van der Waals surface area (Å²) >= 11 is 0. The lowest BCUT2D eigenvalue weighted by atomic mass is 9.75. The average Bonchev–Trinajstić information content (AvgIpc) is 3.26. The van der Waals surface area contributed by atoms with Crippen LogP contribution in [0.25, 0.3) is 11.1 Å². The number of alkyl carbamates (subject to hydrolysis) is 1. The molecule has 0 spiro atoms. The number of rotatable bonds is 7. The van der Waals surface area contributed by atoms with Crippen LogP contribution in [-0.4, -0.2) is 54.2 Å². The normalized spacial score (nSPS) is 25.1. The Morgan fingerprint density at radius 3 is 2.29 bits per heavy atom. The van der Waals surface area contributed by atoms with Crippen molar-refractivity contribution in [1.29, 1.82) is 0 Å². The molecule has 3 unspecified atom stereocenters. The summed E-state index contributed by atoms with van der Waals surface area (Å²) in [5.74, 6) is -0.861. The summed E-state index contributed by atoms with van der Waals surface area (Å²) in [6.07, 6.45) is 3.16. The van der Waals surface area contributed by atoms with E-state index in [0.717, 1.165) is 30.4 Å². The first kappa shape index (κ1) is 22.1.